The highest BCUT2D eigenvalue weighted by Crippen LogP contribution is 2.45. The standard InChI is InChI=1S/C21H22ClF3N2O2/c1-13-5-7-16-14(2)27(10-4-3-9-26-20(28)21(23,24)25)17-12-15(22)6-8-18(17)29-19(16)11-13/h5-8,11-12,14H,3-4,9-10H2,1-2H3,(H,26,28)/t14-/m0/s1. The second-order valence-electron chi connectivity index (χ2n) is 7.09. The van der Waals surface area contributed by atoms with Crippen LogP contribution in [0, 0.1) is 6.92 Å². The number of unbranched alkanes of at least 4 members (excludes halogenated alkanes) is 1. The summed E-state index contributed by atoms with van der Waals surface area (Å²) in [5, 5.41) is 2.48. The number of rotatable bonds is 5. The maximum atomic E-state index is 12.3. The highest BCUT2D eigenvalue weighted by atomic mass is 35.5. The Labute approximate surface area is 172 Å². The van der Waals surface area contributed by atoms with Gasteiger partial charge in [-0.15, -0.1) is 0 Å². The minimum Gasteiger partial charge on any atom is -0.455 e. The molecule has 1 amide bonds. The van der Waals surface area contributed by atoms with Crippen LogP contribution in [0.2, 0.25) is 5.02 Å². The van der Waals surface area contributed by atoms with E-state index in [9.17, 15) is 18.0 Å². The number of ether oxygens (including phenoxy) is 1. The Hall–Kier alpha value is -2.41. The van der Waals surface area contributed by atoms with Gasteiger partial charge in [-0.05, 0) is 56.5 Å². The fourth-order valence-corrected chi connectivity index (χ4v) is 3.56. The molecule has 0 fully saturated rings. The van der Waals surface area contributed by atoms with Crippen molar-refractivity contribution >= 4 is 23.2 Å². The van der Waals surface area contributed by atoms with Crippen LogP contribution < -0.4 is 15.0 Å². The number of hydrogen-bond acceptors (Lipinski definition) is 3. The molecule has 1 aliphatic heterocycles. The third-order valence-corrected chi connectivity index (χ3v) is 5.14. The van der Waals surface area contributed by atoms with E-state index in [1.807, 2.05) is 42.6 Å². The largest absolute Gasteiger partial charge is 0.471 e. The summed E-state index contributed by atoms with van der Waals surface area (Å²) >= 11 is 6.20. The molecule has 1 atom stereocenters. The number of alkyl halides is 3. The molecule has 0 saturated heterocycles. The summed E-state index contributed by atoms with van der Waals surface area (Å²) in [6.07, 6.45) is -3.84. The first-order valence-electron chi connectivity index (χ1n) is 9.36. The van der Waals surface area contributed by atoms with Gasteiger partial charge in [0.2, 0.25) is 0 Å². The van der Waals surface area contributed by atoms with Crippen LogP contribution in [0.3, 0.4) is 0 Å². The molecule has 3 rings (SSSR count). The normalized spacial score (nSPS) is 15.8. The summed E-state index contributed by atoms with van der Waals surface area (Å²) in [6, 6.07) is 11.4. The van der Waals surface area contributed by atoms with Crippen molar-refractivity contribution in [2.45, 2.75) is 38.9 Å². The summed E-state index contributed by atoms with van der Waals surface area (Å²) in [6.45, 7) is 4.59. The predicted octanol–water partition coefficient (Wildman–Crippen LogP) is 5.78. The third-order valence-electron chi connectivity index (χ3n) is 4.91. The van der Waals surface area contributed by atoms with E-state index in [2.05, 4.69) is 11.8 Å². The lowest BCUT2D eigenvalue weighted by Crippen LogP contribution is -2.37. The highest BCUT2D eigenvalue weighted by molar-refractivity contribution is 6.31. The Balaban J connectivity index is 1.75. The van der Waals surface area contributed by atoms with E-state index in [1.165, 1.54) is 0 Å². The SMILES string of the molecule is Cc1ccc2c(c1)Oc1ccc(Cl)cc1N(CCCCNC(=O)C(F)(F)F)[C@H]2C. The maximum Gasteiger partial charge on any atom is 0.471 e. The van der Waals surface area contributed by atoms with Gasteiger partial charge in [0.05, 0.1) is 11.7 Å². The van der Waals surface area contributed by atoms with E-state index >= 15 is 0 Å². The summed E-state index contributed by atoms with van der Waals surface area (Å²) in [5.74, 6) is -0.451. The molecule has 0 saturated carbocycles. The maximum absolute atomic E-state index is 12.3. The molecule has 0 aliphatic carbocycles. The lowest BCUT2D eigenvalue weighted by Gasteiger charge is -2.30. The zero-order valence-electron chi connectivity index (χ0n) is 16.1. The monoisotopic (exact) mass is 426 g/mol. The van der Waals surface area contributed by atoms with E-state index in [1.54, 1.807) is 6.07 Å². The summed E-state index contributed by atoms with van der Waals surface area (Å²) < 4.78 is 43.0. The van der Waals surface area contributed by atoms with Crippen molar-refractivity contribution in [3.8, 4) is 11.5 Å². The number of nitrogens with one attached hydrogen (secondary N) is 1. The molecule has 2 aromatic carbocycles. The summed E-state index contributed by atoms with van der Waals surface area (Å²) in [7, 11) is 0. The highest BCUT2D eigenvalue weighted by Gasteiger charge is 2.38. The number of anilines is 1. The Bertz CT molecular complexity index is 902. The fourth-order valence-electron chi connectivity index (χ4n) is 3.39. The van der Waals surface area contributed by atoms with Gasteiger partial charge in [0.1, 0.15) is 5.75 Å². The van der Waals surface area contributed by atoms with E-state index in [0.717, 1.165) is 22.6 Å². The Morgan fingerprint density at radius 1 is 1.17 bits per heavy atom. The second kappa shape index (κ2) is 8.53. The van der Waals surface area contributed by atoms with Crippen LogP contribution in [-0.2, 0) is 4.79 Å². The van der Waals surface area contributed by atoms with E-state index in [0.29, 0.717) is 30.2 Å². The second-order valence-corrected chi connectivity index (χ2v) is 7.52. The molecule has 0 radical (unpaired) electrons. The number of fused-ring (bicyclic) bond motifs is 2. The molecule has 0 spiro atoms. The lowest BCUT2D eigenvalue weighted by atomic mass is 10.0. The first kappa shape index (κ1) is 21.3. The van der Waals surface area contributed by atoms with Crippen molar-refractivity contribution in [3.05, 3.63) is 52.5 Å². The molecule has 8 heteroatoms. The minimum atomic E-state index is -4.85. The van der Waals surface area contributed by atoms with Crippen molar-refractivity contribution in [1.29, 1.82) is 0 Å². The molecule has 0 bridgehead atoms. The van der Waals surface area contributed by atoms with Crippen LogP contribution in [0.25, 0.3) is 0 Å². The molecule has 1 aliphatic rings. The van der Waals surface area contributed by atoms with E-state index in [-0.39, 0.29) is 12.6 Å². The predicted molar refractivity (Wildman–Crippen MR) is 107 cm³/mol. The smallest absolute Gasteiger partial charge is 0.455 e. The topological polar surface area (TPSA) is 41.6 Å². The third kappa shape index (κ3) is 4.96. The van der Waals surface area contributed by atoms with Crippen LogP contribution in [0.15, 0.2) is 36.4 Å². The van der Waals surface area contributed by atoms with Crippen LogP contribution in [0.5, 0.6) is 11.5 Å². The first-order valence-corrected chi connectivity index (χ1v) is 9.74. The zero-order chi connectivity index (χ0) is 21.2. The van der Waals surface area contributed by atoms with Gasteiger partial charge in [-0.2, -0.15) is 13.2 Å². The number of carbonyl (C=O) groups is 1. The van der Waals surface area contributed by atoms with Crippen LogP contribution in [0.1, 0.15) is 36.9 Å². The molecule has 156 valence electrons. The molecule has 1 heterocycles. The van der Waals surface area contributed by atoms with E-state index in [4.69, 9.17) is 16.3 Å². The molecule has 29 heavy (non-hydrogen) atoms. The lowest BCUT2D eigenvalue weighted by molar-refractivity contribution is -0.173. The van der Waals surface area contributed by atoms with Crippen LogP contribution >= 0.6 is 11.6 Å². The first-order chi connectivity index (χ1) is 13.7. The average Bonchev–Trinajstić information content (AvgIpc) is 2.75. The van der Waals surface area contributed by atoms with Gasteiger partial charge in [0.15, 0.2) is 5.75 Å². The number of nitrogens with zero attached hydrogens (tertiary/aromatic N) is 1. The molecular weight excluding hydrogens is 405 g/mol. The van der Waals surface area contributed by atoms with Gasteiger partial charge in [0, 0.05) is 23.7 Å². The Kier molecular flexibility index (Phi) is 6.27. The number of carbonyl (C=O) groups excluding carboxylic acids is 1. The van der Waals surface area contributed by atoms with Gasteiger partial charge in [-0.25, -0.2) is 0 Å². The van der Waals surface area contributed by atoms with Crippen molar-refractivity contribution in [2.24, 2.45) is 0 Å². The minimum absolute atomic E-state index is 0.0184. The number of hydrogen-bond donors (Lipinski definition) is 1. The molecule has 2 aromatic rings. The fraction of sp³-hybridized carbons (Fsp3) is 0.381. The number of amides is 1. The van der Waals surface area contributed by atoms with Crippen molar-refractivity contribution in [2.75, 3.05) is 18.0 Å². The van der Waals surface area contributed by atoms with E-state index < -0.39 is 12.1 Å². The van der Waals surface area contributed by atoms with Crippen LogP contribution in [0.4, 0.5) is 18.9 Å². The molecule has 0 aromatic heterocycles. The number of benzene rings is 2. The molecule has 4 nitrogen and oxygen atoms in total. The van der Waals surface area contributed by atoms with Gasteiger partial charge >= 0.3 is 12.1 Å². The molecule has 0 unspecified atom stereocenters. The van der Waals surface area contributed by atoms with Gasteiger partial charge in [0.25, 0.3) is 0 Å². The molecular formula is C21H22ClF3N2O2. The Morgan fingerprint density at radius 2 is 1.93 bits per heavy atom. The summed E-state index contributed by atoms with van der Waals surface area (Å²) in [4.78, 5) is 13.0. The van der Waals surface area contributed by atoms with Crippen LogP contribution in [-0.4, -0.2) is 25.2 Å². The average molecular weight is 427 g/mol. The number of halogens is 4. The van der Waals surface area contributed by atoms with Crippen molar-refractivity contribution < 1.29 is 22.7 Å². The quantitative estimate of drug-likeness (QED) is 0.616. The molecule has 1 N–H and O–H groups in total. The van der Waals surface area contributed by atoms with Gasteiger partial charge in [-0.3, -0.25) is 4.79 Å². The summed E-state index contributed by atoms with van der Waals surface area (Å²) in [5.41, 5.74) is 2.94. The zero-order valence-corrected chi connectivity index (χ0v) is 16.9. The van der Waals surface area contributed by atoms with Gasteiger partial charge < -0.3 is 15.0 Å². The van der Waals surface area contributed by atoms with Gasteiger partial charge in [-0.1, -0.05) is 23.7 Å². The van der Waals surface area contributed by atoms with Crippen molar-refractivity contribution in [3.63, 3.8) is 0 Å². The van der Waals surface area contributed by atoms with Crippen molar-refractivity contribution in [1.82, 2.24) is 5.32 Å². The number of aryl methyl sites for hydroxylation is 1. The Morgan fingerprint density at radius 3 is 2.66 bits per heavy atom.